The summed E-state index contributed by atoms with van der Waals surface area (Å²) in [5.74, 6) is 0.795. The minimum absolute atomic E-state index is 0.0462. The van der Waals surface area contributed by atoms with E-state index in [9.17, 15) is 0 Å². The lowest BCUT2D eigenvalue weighted by Crippen LogP contribution is -2.04. The molecule has 1 unspecified atom stereocenters. The molecule has 0 fully saturated rings. The normalized spacial score (nSPS) is 12.2. The average Bonchev–Trinajstić information content (AvgIpc) is 2.39. The Hall–Kier alpha value is -1.51. The molecule has 19 heavy (non-hydrogen) atoms. The molecule has 2 rings (SSSR count). The molecule has 2 N–H and O–H groups in total. The lowest BCUT2D eigenvalue weighted by atomic mass is 10.0. The summed E-state index contributed by atoms with van der Waals surface area (Å²) < 4.78 is 5.43. The van der Waals surface area contributed by atoms with Gasteiger partial charge >= 0.3 is 0 Å². The molecule has 0 bridgehead atoms. The smallest absolute Gasteiger partial charge is 0.120 e. The Bertz CT molecular complexity index is 549. The average molecular weight is 276 g/mol. The summed E-state index contributed by atoms with van der Waals surface area (Å²) in [6.07, 6.45) is 0. The second-order valence-electron chi connectivity index (χ2n) is 4.49. The molecule has 0 heterocycles. The number of halogens is 1. The molecule has 0 aliphatic heterocycles. The van der Waals surface area contributed by atoms with Gasteiger partial charge in [0.2, 0.25) is 0 Å². The fourth-order valence-corrected chi connectivity index (χ4v) is 2.23. The van der Waals surface area contributed by atoms with Crippen LogP contribution in [-0.4, -0.2) is 6.61 Å². The fraction of sp³-hybridized carbons (Fsp3) is 0.250. The van der Waals surface area contributed by atoms with Crippen molar-refractivity contribution in [2.24, 2.45) is 5.73 Å². The molecule has 0 aromatic heterocycles. The molecule has 3 heteroatoms. The first-order chi connectivity index (χ1) is 9.11. The van der Waals surface area contributed by atoms with Gasteiger partial charge < -0.3 is 10.5 Å². The van der Waals surface area contributed by atoms with Crippen molar-refractivity contribution in [1.82, 2.24) is 0 Å². The van der Waals surface area contributed by atoms with E-state index in [0.717, 1.165) is 22.4 Å². The van der Waals surface area contributed by atoms with Gasteiger partial charge in [0.25, 0.3) is 0 Å². The van der Waals surface area contributed by atoms with Crippen LogP contribution in [0, 0.1) is 0 Å². The molecule has 2 aromatic carbocycles. The molecule has 100 valence electrons. The van der Waals surface area contributed by atoms with Crippen molar-refractivity contribution in [2.45, 2.75) is 19.9 Å². The van der Waals surface area contributed by atoms with Crippen LogP contribution in [0.25, 0.3) is 11.1 Å². The number of ether oxygens (including phenoxy) is 1. The first-order valence-electron chi connectivity index (χ1n) is 6.40. The quantitative estimate of drug-likeness (QED) is 0.896. The largest absolute Gasteiger partial charge is 0.494 e. The lowest BCUT2D eigenvalue weighted by Gasteiger charge is -2.10. The van der Waals surface area contributed by atoms with E-state index in [2.05, 4.69) is 0 Å². The highest BCUT2D eigenvalue weighted by atomic mass is 35.5. The molecule has 0 aliphatic carbocycles. The summed E-state index contributed by atoms with van der Waals surface area (Å²) >= 11 is 6.30. The Morgan fingerprint density at radius 3 is 2.37 bits per heavy atom. The number of rotatable bonds is 4. The predicted octanol–water partition coefficient (Wildman–Crippen LogP) is 4.43. The third kappa shape index (κ3) is 3.28. The summed E-state index contributed by atoms with van der Waals surface area (Å²) in [4.78, 5) is 0. The second-order valence-corrected chi connectivity index (χ2v) is 4.89. The molecular weight excluding hydrogens is 258 g/mol. The van der Waals surface area contributed by atoms with Gasteiger partial charge in [0, 0.05) is 11.6 Å². The van der Waals surface area contributed by atoms with Crippen LogP contribution in [0.2, 0.25) is 5.02 Å². The Morgan fingerprint density at radius 1 is 1.16 bits per heavy atom. The monoisotopic (exact) mass is 275 g/mol. The minimum atomic E-state index is 0.0462. The highest BCUT2D eigenvalue weighted by Crippen LogP contribution is 2.31. The molecule has 0 saturated carbocycles. The zero-order valence-corrected chi connectivity index (χ0v) is 11.9. The van der Waals surface area contributed by atoms with E-state index in [1.165, 1.54) is 0 Å². The highest BCUT2D eigenvalue weighted by molar-refractivity contribution is 6.33. The molecule has 0 saturated heterocycles. The SMILES string of the molecule is CCOc1ccc(-c2ccc(C(C)N)cc2)c(Cl)c1. The number of benzene rings is 2. The van der Waals surface area contributed by atoms with Gasteiger partial charge in [0.05, 0.1) is 11.6 Å². The third-order valence-electron chi connectivity index (χ3n) is 3.00. The Balaban J connectivity index is 2.31. The van der Waals surface area contributed by atoms with Gasteiger partial charge in [-0.3, -0.25) is 0 Å². The van der Waals surface area contributed by atoms with Crippen LogP contribution in [-0.2, 0) is 0 Å². The molecule has 2 aromatic rings. The molecule has 1 atom stereocenters. The van der Waals surface area contributed by atoms with Gasteiger partial charge in [0.1, 0.15) is 5.75 Å². The maximum Gasteiger partial charge on any atom is 0.120 e. The summed E-state index contributed by atoms with van der Waals surface area (Å²) in [5.41, 5.74) is 9.04. The van der Waals surface area contributed by atoms with Gasteiger partial charge in [-0.25, -0.2) is 0 Å². The Morgan fingerprint density at radius 2 is 1.84 bits per heavy atom. The predicted molar refractivity (Wildman–Crippen MR) is 80.7 cm³/mol. The van der Waals surface area contributed by atoms with Gasteiger partial charge in [0.15, 0.2) is 0 Å². The van der Waals surface area contributed by atoms with E-state index in [1.807, 2.05) is 56.3 Å². The zero-order valence-electron chi connectivity index (χ0n) is 11.2. The first-order valence-corrected chi connectivity index (χ1v) is 6.78. The van der Waals surface area contributed by atoms with Crippen LogP contribution < -0.4 is 10.5 Å². The van der Waals surface area contributed by atoms with E-state index >= 15 is 0 Å². The van der Waals surface area contributed by atoms with Crippen LogP contribution in [0.15, 0.2) is 42.5 Å². The molecule has 2 nitrogen and oxygen atoms in total. The van der Waals surface area contributed by atoms with Crippen molar-refractivity contribution >= 4 is 11.6 Å². The summed E-state index contributed by atoms with van der Waals surface area (Å²) in [5, 5.41) is 0.694. The lowest BCUT2D eigenvalue weighted by molar-refractivity contribution is 0.340. The van der Waals surface area contributed by atoms with Gasteiger partial charge in [-0.05, 0) is 43.2 Å². The van der Waals surface area contributed by atoms with E-state index < -0.39 is 0 Å². The first kappa shape index (κ1) is 13.9. The molecule has 0 radical (unpaired) electrons. The van der Waals surface area contributed by atoms with Gasteiger partial charge in [-0.1, -0.05) is 35.9 Å². The number of hydrogen-bond acceptors (Lipinski definition) is 2. The standard InChI is InChI=1S/C16H18ClNO/c1-3-19-14-8-9-15(16(17)10-14)13-6-4-12(5-7-13)11(2)18/h4-11H,3,18H2,1-2H3. The Labute approximate surface area is 119 Å². The van der Waals surface area contributed by atoms with Gasteiger partial charge in [-0.2, -0.15) is 0 Å². The van der Waals surface area contributed by atoms with Crippen LogP contribution in [0.5, 0.6) is 5.75 Å². The van der Waals surface area contributed by atoms with Crippen molar-refractivity contribution < 1.29 is 4.74 Å². The van der Waals surface area contributed by atoms with Crippen molar-refractivity contribution in [1.29, 1.82) is 0 Å². The molecule has 0 amide bonds. The topological polar surface area (TPSA) is 35.2 Å². The van der Waals surface area contributed by atoms with Crippen molar-refractivity contribution in [3.8, 4) is 16.9 Å². The second kappa shape index (κ2) is 6.09. The van der Waals surface area contributed by atoms with Crippen molar-refractivity contribution in [3.05, 3.63) is 53.1 Å². The maximum atomic E-state index is 6.30. The molecule has 0 aliphatic rings. The maximum absolute atomic E-state index is 6.30. The third-order valence-corrected chi connectivity index (χ3v) is 3.31. The van der Waals surface area contributed by atoms with Crippen LogP contribution in [0.1, 0.15) is 25.5 Å². The van der Waals surface area contributed by atoms with E-state index in [0.29, 0.717) is 11.6 Å². The Kier molecular flexibility index (Phi) is 4.46. The minimum Gasteiger partial charge on any atom is -0.494 e. The highest BCUT2D eigenvalue weighted by Gasteiger charge is 2.06. The van der Waals surface area contributed by atoms with Gasteiger partial charge in [-0.15, -0.1) is 0 Å². The summed E-state index contributed by atoms with van der Waals surface area (Å²) in [7, 11) is 0. The van der Waals surface area contributed by atoms with E-state index in [-0.39, 0.29) is 6.04 Å². The fourth-order valence-electron chi connectivity index (χ4n) is 1.95. The van der Waals surface area contributed by atoms with Crippen LogP contribution in [0.4, 0.5) is 0 Å². The summed E-state index contributed by atoms with van der Waals surface area (Å²) in [6, 6.07) is 14.0. The number of hydrogen-bond donors (Lipinski definition) is 1. The molecule has 0 spiro atoms. The zero-order chi connectivity index (χ0) is 13.8. The van der Waals surface area contributed by atoms with Crippen LogP contribution in [0.3, 0.4) is 0 Å². The van der Waals surface area contributed by atoms with Crippen LogP contribution >= 0.6 is 11.6 Å². The molecular formula is C16H18ClNO. The number of nitrogens with two attached hydrogens (primary N) is 1. The van der Waals surface area contributed by atoms with Crippen molar-refractivity contribution in [2.75, 3.05) is 6.61 Å². The summed E-state index contributed by atoms with van der Waals surface area (Å²) in [6.45, 7) is 4.56. The van der Waals surface area contributed by atoms with E-state index in [4.69, 9.17) is 22.1 Å². The van der Waals surface area contributed by atoms with E-state index in [1.54, 1.807) is 0 Å². The van der Waals surface area contributed by atoms with Crippen molar-refractivity contribution in [3.63, 3.8) is 0 Å².